The van der Waals surface area contributed by atoms with E-state index in [9.17, 15) is 0 Å². The molecule has 0 bridgehead atoms. The Hall–Kier alpha value is -3.27. The van der Waals surface area contributed by atoms with Gasteiger partial charge in [0, 0.05) is 17.7 Å². The summed E-state index contributed by atoms with van der Waals surface area (Å²) in [6, 6.07) is 21.0. The quantitative estimate of drug-likeness (QED) is 0.319. The third kappa shape index (κ3) is 12.4. The highest BCUT2D eigenvalue weighted by molar-refractivity contribution is 6.04. The van der Waals surface area contributed by atoms with Crippen LogP contribution >= 0.6 is 0 Å². The zero-order valence-corrected chi connectivity index (χ0v) is 29.3. The average Bonchev–Trinajstić information content (AvgIpc) is 3.10. The van der Waals surface area contributed by atoms with Crippen molar-refractivity contribution in [2.45, 2.75) is 132 Å². The van der Waals surface area contributed by atoms with Crippen molar-refractivity contribution in [3.05, 3.63) is 95.3 Å². The number of rotatable bonds is 2. The Labute approximate surface area is 270 Å². The normalized spacial score (nSPS) is 16.7. The highest BCUT2D eigenvalue weighted by Crippen LogP contribution is 2.32. The summed E-state index contributed by atoms with van der Waals surface area (Å²) < 4.78 is 0. The Bertz CT molecular complexity index is 1170. The van der Waals surface area contributed by atoms with Gasteiger partial charge in [0.2, 0.25) is 0 Å². The van der Waals surface area contributed by atoms with Crippen LogP contribution in [0.1, 0.15) is 136 Å². The van der Waals surface area contributed by atoms with Gasteiger partial charge in [-0.3, -0.25) is 5.43 Å². The van der Waals surface area contributed by atoms with Crippen LogP contribution < -0.4 is 5.43 Å². The van der Waals surface area contributed by atoms with Gasteiger partial charge in [0.25, 0.3) is 0 Å². The number of allylic oxidation sites excluding steroid dienone is 1. The summed E-state index contributed by atoms with van der Waals surface area (Å²) in [5, 5.41) is 13.1. The molecule has 2 aliphatic carbocycles. The van der Waals surface area contributed by atoms with E-state index < -0.39 is 0 Å². The molecule has 1 aliphatic heterocycles. The lowest BCUT2D eigenvalue weighted by Crippen LogP contribution is -2.26. The zero-order valence-electron chi connectivity index (χ0n) is 29.3. The molecular formula is C40H62N4. The summed E-state index contributed by atoms with van der Waals surface area (Å²) in [7, 11) is 0. The zero-order chi connectivity index (χ0) is 32.4. The number of aryl methyl sites for hydroxylation is 1. The first-order valence-corrected chi connectivity index (χ1v) is 17.9. The first-order chi connectivity index (χ1) is 21.9. The van der Waals surface area contributed by atoms with Crippen LogP contribution in [0.15, 0.2) is 83.7 Å². The highest BCUT2D eigenvalue weighted by atomic mass is 15.3. The van der Waals surface area contributed by atoms with Crippen LogP contribution in [0.2, 0.25) is 0 Å². The molecule has 1 fully saturated rings. The molecule has 2 heterocycles. The van der Waals surface area contributed by atoms with E-state index in [4.69, 9.17) is 0 Å². The van der Waals surface area contributed by atoms with Crippen LogP contribution in [0.25, 0.3) is 11.3 Å². The molecule has 1 aromatic heterocycles. The molecule has 2 aromatic carbocycles. The predicted molar refractivity (Wildman–Crippen MR) is 194 cm³/mol. The van der Waals surface area contributed by atoms with E-state index >= 15 is 0 Å². The number of nitrogens with one attached hydrogen (secondary N) is 1. The fourth-order valence-electron chi connectivity index (χ4n) is 5.75. The highest BCUT2D eigenvalue weighted by Gasteiger charge is 2.25. The van der Waals surface area contributed by atoms with Gasteiger partial charge in [-0.1, -0.05) is 148 Å². The average molecular weight is 599 g/mol. The van der Waals surface area contributed by atoms with E-state index in [1.165, 1.54) is 92.2 Å². The predicted octanol–water partition coefficient (Wildman–Crippen LogP) is 11.8. The molecule has 1 N–H and O–H groups in total. The van der Waals surface area contributed by atoms with Gasteiger partial charge in [0.1, 0.15) is 0 Å². The maximum atomic E-state index is 4.55. The number of hydrogen-bond acceptors (Lipinski definition) is 4. The Kier molecular flexibility index (Phi) is 22.1. The molecule has 3 aliphatic rings. The number of benzene rings is 2. The molecule has 0 saturated heterocycles. The Balaban J connectivity index is 0.000000359. The van der Waals surface area contributed by atoms with Gasteiger partial charge >= 0.3 is 0 Å². The van der Waals surface area contributed by atoms with E-state index in [-0.39, 0.29) is 0 Å². The largest absolute Gasteiger partial charge is 0.286 e. The van der Waals surface area contributed by atoms with E-state index in [0.29, 0.717) is 5.92 Å². The molecule has 3 aromatic rings. The molecule has 44 heavy (non-hydrogen) atoms. The van der Waals surface area contributed by atoms with E-state index in [1.807, 2.05) is 67.7 Å². The Morgan fingerprint density at radius 3 is 1.77 bits per heavy atom. The number of aromatic nitrogens is 2. The SMILES string of the molecule is C1=C2CCCCCCC2C(c2ccccc2)=NN1.CC.CC.CC.CC.c1ccc(-c2nncc3c2CCCCCC3)cc1. The summed E-state index contributed by atoms with van der Waals surface area (Å²) in [4.78, 5) is 0. The van der Waals surface area contributed by atoms with Gasteiger partial charge < -0.3 is 0 Å². The van der Waals surface area contributed by atoms with Crippen molar-refractivity contribution in [3.63, 3.8) is 0 Å². The molecular weight excluding hydrogens is 536 g/mol. The third-order valence-corrected chi connectivity index (χ3v) is 7.71. The molecule has 242 valence electrons. The van der Waals surface area contributed by atoms with Gasteiger partial charge in [-0.2, -0.15) is 15.3 Å². The lowest BCUT2D eigenvalue weighted by atomic mass is 9.81. The summed E-state index contributed by atoms with van der Waals surface area (Å²) >= 11 is 0. The summed E-state index contributed by atoms with van der Waals surface area (Å²) in [6.07, 6.45) is 19.5. The first kappa shape index (κ1) is 38.8. The second-order valence-corrected chi connectivity index (χ2v) is 10.2. The second kappa shape index (κ2) is 25.1. The van der Waals surface area contributed by atoms with E-state index in [1.54, 1.807) is 5.57 Å². The van der Waals surface area contributed by atoms with Gasteiger partial charge in [0.05, 0.1) is 17.6 Å². The summed E-state index contributed by atoms with van der Waals surface area (Å²) in [6.45, 7) is 16.0. The molecule has 4 nitrogen and oxygen atoms in total. The van der Waals surface area contributed by atoms with Crippen molar-refractivity contribution in [3.8, 4) is 11.3 Å². The molecule has 4 heteroatoms. The molecule has 1 unspecified atom stereocenters. The minimum absolute atomic E-state index is 0.536. The molecule has 0 radical (unpaired) electrons. The van der Waals surface area contributed by atoms with Crippen LogP contribution in [0.4, 0.5) is 0 Å². The number of hydrazone groups is 1. The standard InChI is InChI=1S/C16H20N2.C16H18N2.4C2H6/c2*1-2-7-11-15-14(10-4-1)12-17-18-16(15)13-8-5-3-6-9-13;4*1-2/h3,5-6,8-9,12,15,17H,1-2,4,7,10-11H2;3,5-6,8-9,12H,1-2,4,7,10-11H2;4*1-2H3. The van der Waals surface area contributed by atoms with E-state index in [2.05, 4.69) is 81.5 Å². The topological polar surface area (TPSA) is 50.2 Å². The van der Waals surface area contributed by atoms with Gasteiger partial charge in [-0.15, -0.1) is 0 Å². The minimum Gasteiger partial charge on any atom is -0.286 e. The fraction of sp³-hybridized carbons (Fsp3) is 0.525. The van der Waals surface area contributed by atoms with Crippen molar-refractivity contribution in [1.82, 2.24) is 15.6 Å². The van der Waals surface area contributed by atoms with Crippen LogP contribution in [-0.4, -0.2) is 15.9 Å². The molecule has 0 amide bonds. The summed E-state index contributed by atoms with van der Waals surface area (Å²) in [5.74, 6) is 0.536. The van der Waals surface area contributed by atoms with Crippen molar-refractivity contribution in [2.75, 3.05) is 0 Å². The maximum Gasteiger partial charge on any atom is 0.0964 e. The van der Waals surface area contributed by atoms with Crippen LogP contribution in [0, 0.1) is 5.92 Å². The first-order valence-electron chi connectivity index (χ1n) is 17.9. The van der Waals surface area contributed by atoms with Crippen molar-refractivity contribution < 1.29 is 0 Å². The number of nitrogens with zero attached hydrogens (tertiary/aromatic N) is 3. The minimum atomic E-state index is 0.536. The van der Waals surface area contributed by atoms with Crippen molar-refractivity contribution >= 4 is 5.71 Å². The van der Waals surface area contributed by atoms with Crippen molar-refractivity contribution in [2.24, 2.45) is 11.0 Å². The lowest BCUT2D eigenvalue weighted by molar-refractivity contribution is 0.518. The van der Waals surface area contributed by atoms with Crippen LogP contribution in [0.5, 0.6) is 0 Å². The van der Waals surface area contributed by atoms with Crippen LogP contribution in [0.3, 0.4) is 0 Å². The molecule has 1 atom stereocenters. The smallest absolute Gasteiger partial charge is 0.0964 e. The third-order valence-electron chi connectivity index (χ3n) is 7.71. The fourth-order valence-corrected chi connectivity index (χ4v) is 5.75. The lowest BCUT2D eigenvalue weighted by Gasteiger charge is -2.27. The number of hydrogen-bond donors (Lipinski definition) is 1. The monoisotopic (exact) mass is 598 g/mol. The van der Waals surface area contributed by atoms with Gasteiger partial charge in [-0.25, -0.2) is 0 Å². The molecule has 1 saturated carbocycles. The Morgan fingerprint density at radius 1 is 0.591 bits per heavy atom. The molecule has 0 spiro atoms. The Morgan fingerprint density at radius 2 is 1.14 bits per heavy atom. The van der Waals surface area contributed by atoms with Gasteiger partial charge in [0.15, 0.2) is 0 Å². The van der Waals surface area contributed by atoms with Crippen LogP contribution in [-0.2, 0) is 12.8 Å². The van der Waals surface area contributed by atoms with Crippen molar-refractivity contribution in [1.29, 1.82) is 0 Å². The molecule has 6 rings (SSSR count). The number of fused-ring (bicyclic) bond motifs is 2. The summed E-state index contributed by atoms with van der Waals surface area (Å²) in [5.41, 5.74) is 12.3. The van der Waals surface area contributed by atoms with Gasteiger partial charge in [-0.05, 0) is 67.2 Å². The maximum absolute atomic E-state index is 4.55. The second-order valence-electron chi connectivity index (χ2n) is 10.2. The van der Waals surface area contributed by atoms with E-state index in [0.717, 1.165) is 18.5 Å².